The number of halogens is 2. The molecule has 0 saturated carbocycles. The Morgan fingerprint density at radius 2 is 1.63 bits per heavy atom. The molecule has 2 rings (SSSR count). The Balaban J connectivity index is 2.55. The monoisotopic (exact) mass is 261 g/mol. The molecule has 2 aromatic carbocycles. The van der Waals surface area contributed by atoms with Gasteiger partial charge in [-0.2, -0.15) is 0 Å². The van der Waals surface area contributed by atoms with E-state index in [1.54, 1.807) is 0 Å². The summed E-state index contributed by atoms with van der Waals surface area (Å²) >= 11 is 0. The summed E-state index contributed by atoms with van der Waals surface area (Å²) < 4.78 is 27.0. The van der Waals surface area contributed by atoms with Crippen molar-refractivity contribution >= 4 is 11.4 Å². The van der Waals surface area contributed by atoms with Gasteiger partial charge in [0.2, 0.25) is 0 Å². The zero-order valence-corrected chi connectivity index (χ0v) is 11.3. The predicted molar refractivity (Wildman–Crippen MR) is 74.8 cm³/mol. The van der Waals surface area contributed by atoms with Gasteiger partial charge in [-0.1, -0.05) is 18.2 Å². The van der Waals surface area contributed by atoms with E-state index in [1.165, 1.54) is 12.1 Å². The fraction of sp³-hybridized carbons (Fsp3) is 0.250. The lowest BCUT2D eigenvalue weighted by Crippen LogP contribution is -2.27. The van der Waals surface area contributed by atoms with Crippen LogP contribution in [-0.4, -0.2) is 6.04 Å². The first kappa shape index (κ1) is 13.5. The molecule has 0 unspecified atom stereocenters. The molecular weight excluding hydrogens is 244 g/mol. The average Bonchev–Trinajstić information content (AvgIpc) is 2.34. The van der Waals surface area contributed by atoms with E-state index in [4.69, 9.17) is 0 Å². The van der Waals surface area contributed by atoms with E-state index in [9.17, 15) is 8.78 Å². The van der Waals surface area contributed by atoms with Crippen molar-refractivity contribution in [2.75, 3.05) is 4.90 Å². The molecule has 0 aliphatic rings. The van der Waals surface area contributed by atoms with Crippen molar-refractivity contribution in [3.05, 3.63) is 59.7 Å². The first-order valence-electron chi connectivity index (χ1n) is 6.30. The molecular formula is C16H17F2N. The van der Waals surface area contributed by atoms with Crippen LogP contribution in [0.1, 0.15) is 19.4 Å². The molecule has 0 radical (unpaired) electrons. The third-order valence-corrected chi connectivity index (χ3v) is 3.06. The molecule has 0 heterocycles. The standard InChI is InChI=1S/C16H17F2N/c1-11(2)19(15-7-5-4-6-12(15)3)16-9-8-13(17)10-14(16)18/h4-11H,1-3H3. The summed E-state index contributed by atoms with van der Waals surface area (Å²) in [6.45, 7) is 5.94. The Kier molecular flexibility index (Phi) is 3.84. The fourth-order valence-corrected chi connectivity index (χ4v) is 2.20. The first-order chi connectivity index (χ1) is 9.00. The summed E-state index contributed by atoms with van der Waals surface area (Å²) in [6, 6.07) is 11.5. The van der Waals surface area contributed by atoms with Gasteiger partial charge in [-0.25, -0.2) is 8.78 Å². The van der Waals surface area contributed by atoms with Crippen molar-refractivity contribution in [2.45, 2.75) is 26.8 Å². The van der Waals surface area contributed by atoms with Crippen molar-refractivity contribution in [3.8, 4) is 0 Å². The van der Waals surface area contributed by atoms with E-state index in [1.807, 2.05) is 49.9 Å². The maximum Gasteiger partial charge on any atom is 0.149 e. The summed E-state index contributed by atoms with van der Waals surface area (Å²) in [6.07, 6.45) is 0. The predicted octanol–water partition coefficient (Wildman–Crippen LogP) is 4.82. The van der Waals surface area contributed by atoms with Crippen LogP contribution in [0, 0.1) is 18.6 Å². The molecule has 0 atom stereocenters. The smallest absolute Gasteiger partial charge is 0.149 e. The van der Waals surface area contributed by atoms with E-state index in [2.05, 4.69) is 0 Å². The van der Waals surface area contributed by atoms with Crippen LogP contribution in [0.15, 0.2) is 42.5 Å². The van der Waals surface area contributed by atoms with E-state index in [-0.39, 0.29) is 6.04 Å². The van der Waals surface area contributed by atoms with Gasteiger partial charge in [-0.15, -0.1) is 0 Å². The fourth-order valence-electron chi connectivity index (χ4n) is 2.20. The Morgan fingerprint density at radius 1 is 0.947 bits per heavy atom. The van der Waals surface area contributed by atoms with Gasteiger partial charge in [-0.05, 0) is 44.5 Å². The average molecular weight is 261 g/mol. The highest BCUT2D eigenvalue weighted by Crippen LogP contribution is 2.32. The summed E-state index contributed by atoms with van der Waals surface area (Å²) in [5.41, 5.74) is 2.38. The molecule has 0 aliphatic carbocycles. The van der Waals surface area contributed by atoms with Crippen LogP contribution in [-0.2, 0) is 0 Å². The Morgan fingerprint density at radius 3 is 2.21 bits per heavy atom. The topological polar surface area (TPSA) is 3.24 Å². The van der Waals surface area contributed by atoms with E-state index < -0.39 is 11.6 Å². The van der Waals surface area contributed by atoms with Crippen LogP contribution >= 0.6 is 0 Å². The summed E-state index contributed by atoms with van der Waals surface area (Å²) in [5.74, 6) is -1.10. The van der Waals surface area contributed by atoms with Crippen LogP contribution in [0.2, 0.25) is 0 Å². The number of anilines is 2. The molecule has 0 saturated heterocycles. The van der Waals surface area contributed by atoms with E-state index in [0.717, 1.165) is 17.3 Å². The second kappa shape index (κ2) is 5.39. The highest BCUT2D eigenvalue weighted by atomic mass is 19.1. The first-order valence-corrected chi connectivity index (χ1v) is 6.30. The number of hydrogen-bond acceptors (Lipinski definition) is 1. The van der Waals surface area contributed by atoms with E-state index in [0.29, 0.717) is 5.69 Å². The molecule has 2 aromatic rings. The molecule has 100 valence electrons. The van der Waals surface area contributed by atoms with Crippen molar-refractivity contribution in [2.24, 2.45) is 0 Å². The number of benzene rings is 2. The van der Waals surface area contributed by atoms with Crippen LogP contribution in [0.4, 0.5) is 20.2 Å². The van der Waals surface area contributed by atoms with Gasteiger partial charge in [0.05, 0.1) is 5.69 Å². The molecule has 0 aliphatic heterocycles. The Bertz CT molecular complexity index is 579. The number of para-hydroxylation sites is 1. The normalized spacial score (nSPS) is 10.8. The molecule has 19 heavy (non-hydrogen) atoms. The minimum absolute atomic E-state index is 0.0704. The molecule has 0 N–H and O–H groups in total. The largest absolute Gasteiger partial charge is 0.336 e. The van der Waals surface area contributed by atoms with Gasteiger partial charge in [-0.3, -0.25) is 0 Å². The van der Waals surface area contributed by atoms with Crippen LogP contribution < -0.4 is 4.90 Å². The van der Waals surface area contributed by atoms with E-state index >= 15 is 0 Å². The number of hydrogen-bond donors (Lipinski definition) is 0. The molecule has 1 nitrogen and oxygen atoms in total. The Labute approximate surface area is 112 Å². The van der Waals surface area contributed by atoms with Gasteiger partial charge in [0, 0.05) is 17.8 Å². The summed E-state index contributed by atoms with van der Waals surface area (Å²) in [7, 11) is 0. The number of aryl methyl sites for hydroxylation is 1. The third-order valence-electron chi connectivity index (χ3n) is 3.06. The number of nitrogens with zero attached hydrogens (tertiary/aromatic N) is 1. The van der Waals surface area contributed by atoms with Crippen LogP contribution in [0.3, 0.4) is 0 Å². The molecule has 0 spiro atoms. The van der Waals surface area contributed by atoms with Gasteiger partial charge in [0.15, 0.2) is 0 Å². The third kappa shape index (κ3) is 2.75. The summed E-state index contributed by atoms with van der Waals surface area (Å²) in [5, 5.41) is 0. The zero-order valence-electron chi connectivity index (χ0n) is 11.3. The quantitative estimate of drug-likeness (QED) is 0.765. The van der Waals surface area contributed by atoms with Gasteiger partial charge >= 0.3 is 0 Å². The Hall–Kier alpha value is -1.90. The van der Waals surface area contributed by atoms with Gasteiger partial charge < -0.3 is 4.90 Å². The van der Waals surface area contributed by atoms with Crippen molar-refractivity contribution < 1.29 is 8.78 Å². The van der Waals surface area contributed by atoms with Crippen molar-refractivity contribution in [3.63, 3.8) is 0 Å². The number of rotatable bonds is 3. The molecule has 0 aromatic heterocycles. The van der Waals surface area contributed by atoms with Crippen LogP contribution in [0.5, 0.6) is 0 Å². The lowest BCUT2D eigenvalue weighted by atomic mass is 10.1. The molecule has 3 heteroatoms. The second-order valence-corrected chi connectivity index (χ2v) is 4.85. The van der Waals surface area contributed by atoms with Gasteiger partial charge in [0.1, 0.15) is 11.6 Å². The zero-order chi connectivity index (χ0) is 14.0. The maximum atomic E-state index is 14.0. The molecule has 0 amide bonds. The van der Waals surface area contributed by atoms with Crippen LogP contribution in [0.25, 0.3) is 0 Å². The highest BCUT2D eigenvalue weighted by Gasteiger charge is 2.18. The molecule has 0 bridgehead atoms. The molecule has 0 fully saturated rings. The van der Waals surface area contributed by atoms with Crippen molar-refractivity contribution in [1.29, 1.82) is 0 Å². The lowest BCUT2D eigenvalue weighted by Gasteiger charge is -2.30. The maximum absolute atomic E-state index is 14.0. The second-order valence-electron chi connectivity index (χ2n) is 4.85. The highest BCUT2D eigenvalue weighted by molar-refractivity contribution is 5.67. The summed E-state index contributed by atoms with van der Waals surface area (Å²) in [4.78, 5) is 1.88. The lowest BCUT2D eigenvalue weighted by molar-refractivity contribution is 0.579. The minimum atomic E-state index is -0.560. The van der Waals surface area contributed by atoms with Gasteiger partial charge in [0.25, 0.3) is 0 Å². The SMILES string of the molecule is Cc1ccccc1N(c1ccc(F)cc1F)C(C)C. The van der Waals surface area contributed by atoms with Crippen molar-refractivity contribution in [1.82, 2.24) is 0 Å². The minimum Gasteiger partial charge on any atom is -0.336 e.